The van der Waals surface area contributed by atoms with Crippen LogP contribution in [0.25, 0.3) is 21.3 Å². The van der Waals surface area contributed by atoms with Crippen LogP contribution in [0.2, 0.25) is 0 Å². The number of likely N-dealkylation sites (tertiary alicyclic amines) is 1. The molecule has 5 rings (SSSR count). The van der Waals surface area contributed by atoms with Crippen molar-refractivity contribution in [3.8, 4) is 16.3 Å². The van der Waals surface area contributed by atoms with Crippen molar-refractivity contribution in [1.82, 2.24) is 14.7 Å². The summed E-state index contributed by atoms with van der Waals surface area (Å²) in [5.74, 6) is 0.858. The van der Waals surface area contributed by atoms with E-state index in [1.54, 1.807) is 23.1 Å². The third kappa shape index (κ3) is 3.42. The van der Waals surface area contributed by atoms with E-state index < -0.39 is 0 Å². The molecule has 0 amide bonds. The summed E-state index contributed by atoms with van der Waals surface area (Å²) in [5, 5.41) is 8.49. The number of hydrogen-bond acceptors (Lipinski definition) is 5. The van der Waals surface area contributed by atoms with Crippen molar-refractivity contribution < 1.29 is 4.74 Å². The molecule has 3 heterocycles. The van der Waals surface area contributed by atoms with E-state index in [-0.39, 0.29) is 11.6 Å². The van der Waals surface area contributed by atoms with Gasteiger partial charge in [0, 0.05) is 18.0 Å². The van der Waals surface area contributed by atoms with Crippen molar-refractivity contribution >= 4 is 22.1 Å². The normalized spacial score (nSPS) is 16.9. The Hall–Kier alpha value is -2.96. The fourth-order valence-electron chi connectivity index (χ4n) is 4.30. The van der Waals surface area contributed by atoms with Gasteiger partial charge in [-0.1, -0.05) is 36.4 Å². The molecule has 1 aliphatic rings. The Morgan fingerprint density at radius 2 is 1.87 bits per heavy atom. The third-order valence-electron chi connectivity index (χ3n) is 5.80. The lowest BCUT2D eigenvalue weighted by atomic mass is 10.0. The van der Waals surface area contributed by atoms with E-state index in [0.29, 0.717) is 6.67 Å². The van der Waals surface area contributed by atoms with Gasteiger partial charge in [-0.25, -0.2) is 4.68 Å². The summed E-state index contributed by atoms with van der Waals surface area (Å²) in [4.78, 5) is 16.7. The lowest BCUT2D eigenvalue weighted by molar-refractivity contribution is 0.188. The molecule has 5 nitrogen and oxygen atoms in total. The Morgan fingerprint density at radius 1 is 1.07 bits per heavy atom. The summed E-state index contributed by atoms with van der Waals surface area (Å²) >= 11 is 1.65. The maximum atomic E-state index is 13.2. The molecule has 1 atom stereocenters. The molecule has 2 aromatic heterocycles. The first-order valence-electron chi connectivity index (χ1n) is 10.2. The summed E-state index contributed by atoms with van der Waals surface area (Å²) < 4.78 is 6.93. The molecule has 0 aliphatic carbocycles. The van der Waals surface area contributed by atoms with Gasteiger partial charge < -0.3 is 4.74 Å². The van der Waals surface area contributed by atoms with Crippen molar-refractivity contribution in [3.05, 3.63) is 82.0 Å². The minimum atomic E-state index is -0.0358. The molecular weight excluding hydrogens is 394 g/mol. The van der Waals surface area contributed by atoms with Crippen molar-refractivity contribution in [1.29, 1.82) is 0 Å². The van der Waals surface area contributed by atoms with Crippen LogP contribution >= 0.6 is 11.3 Å². The Morgan fingerprint density at radius 3 is 2.60 bits per heavy atom. The highest BCUT2D eigenvalue weighted by atomic mass is 32.1. The van der Waals surface area contributed by atoms with Gasteiger partial charge in [0.25, 0.3) is 5.56 Å². The van der Waals surface area contributed by atoms with Gasteiger partial charge in [0.1, 0.15) is 11.4 Å². The average Bonchev–Trinajstić information content (AvgIpc) is 3.48. The van der Waals surface area contributed by atoms with Gasteiger partial charge in [0.05, 0.1) is 24.0 Å². The molecule has 30 heavy (non-hydrogen) atoms. The number of ether oxygens (including phenoxy) is 1. The van der Waals surface area contributed by atoms with Crippen LogP contribution in [0.1, 0.15) is 24.4 Å². The van der Waals surface area contributed by atoms with E-state index >= 15 is 0 Å². The zero-order valence-electron chi connectivity index (χ0n) is 16.8. The monoisotopic (exact) mass is 417 g/mol. The smallest absolute Gasteiger partial charge is 0.275 e. The second kappa shape index (κ2) is 8.05. The second-order valence-corrected chi connectivity index (χ2v) is 8.51. The zero-order chi connectivity index (χ0) is 20.5. The molecule has 0 spiro atoms. The SMILES string of the molecule is COc1ccc([C@@H]2CCCN2Cn2nc(-c3cccs3)c3ccccc3c2=O)cc1. The van der Waals surface area contributed by atoms with Crippen LogP contribution in [0.4, 0.5) is 0 Å². The topological polar surface area (TPSA) is 47.4 Å². The zero-order valence-corrected chi connectivity index (χ0v) is 17.6. The molecule has 4 aromatic rings. The maximum absolute atomic E-state index is 13.2. The van der Waals surface area contributed by atoms with Gasteiger partial charge in [-0.2, -0.15) is 5.10 Å². The van der Waals surface area contributed by atoms with Crippen LogP contribution in [0.5, 0.6) is 5.75 Å². The van der Waals surface area contributed by atoms with E-state index in [2.05, 4.69) is 23.1 Å². The van der Waals surface area contributed by atoms with Crippen LogP contribution in [0.3, 0.4) is 0 Å². The van der Waals surface area contributed by atoms with Crippen molar-refractivity contribution in [2.75, 3.05) is 13.7 Å². The van der Waals surface area contributed by atoms with Gasteiger partial charge in [0.15, 0.2) is 0 Å². The van der Waals surface area contributed by atoms with E-state index in [1.807, 2.05) is 47.8 Å². The maximum Gasteiger partial charge on any atom is 0.275 e. The first-order chi connectivity index (χ1) is 14.7. The molecule has 0 N–H and O–H groups in total. The molecule has 1 saturated heterocycles. The fraction of sp³-hybridized carbons (Fsp3) is 0.250. The lowest BCUT2D eigenvalue weighted by Crippen LogP contribution is -2.34. The summed E-state index contributed by atoms with van der Waals surface area (Å²) in [6.07, 6.45) is 2.18. The van der Waals surface area contributed by atoms with Gasteiger partial charge in [-0.05, 0) is 48.1 Å². The van der Waals surface area contributed by atoms with Crippen LogP contribution in [0, 0.1) is 0 Å². The van der Waals surface area contributed by atoms with Crippen molar-refractivity contribution in [3.63, 3.8) is 0 Å². The Kier molecular flexibility index (Phi) is 5.11. The number of hydrogen-bond donors (Lipinski definition) is 0. The highest BCUT2D eigenvalue weighted by molar-refractivity contribution is 7.13. The molecule has 1 fully saturated rings. The highest BCUT2D eigenvalue weighted by Gasteiger charge is 2.27. The summed E-state index contributed by atoms with van der Waals surface area (Å²) in [6.45, 7) is 1.44. The number of fused-ring (bicyclic) bond motifs is 1. The minimum Gasteiger partial charge on any atom is -0.497 e. The first-order valence-corrected chi connectivity index (χ1v) is 11.0. The molecule has 0 unspecified atom stereocenters. The van der Waals surface area contributed by atoms with Crippen LogP contribution in [0.15, 0.2) is 70.8 Å². The largest absolute Gasteiger partial charge is 0.497 e. The third-order valence-corrected chi connectivity index (χ3v) is 6.68. The summed E-state index contributed by atoms with van der Waals surface area (Å²) in [5.41, 5.74) is 2.09. The van der Waals surface area contributed by atoms with Crippen LogP contribution < -0.4 is 10.3 Å². The molecular formula is C24H23N3O2S. The average molecular weight is 418 g/mol. The van der Waals surface area contributed by atoms with E-state index in [1.165, 1.54) is 5.56 Å². The number of benzene rings is 2. The number of rotatable bonds is 5. The Balaban J connectivity index is 1.53. The molecule has 152 valence electrons. The lowest BCUT2D eigenvalue weighted by Gasteiger charge is -2.25. The van der Waals surface area contributed by atoms with Gasteiger partial charge in [-0.15, -0.1) is 11.3 Å². The number of methoxy groups -OCH3 is 1. The fourth-order valence-corrected chi connectivity index (χ4v) is 5.02. The molecule has 0 radical (unpaired) electrons. The predicted molar refractivity (Wildman–Crippen MR) is 121 cm³/mol. The Labute approximate surface area is 179 Å². The predicted octanol–water partition coefficient (Wildman–Crippen LogP) is 4.93. The standard InChI is InChI=1S/C24H23N3O2S/c1-29-18-12-10-17(11-13-18)21-8-4-14-26(21)16-27-24(28)20-7-3-2-6-19(20)23(25-27)22-9-5-15-30-22/h2-3,5-7,9-13,15,21H,4,8,14,16H2,1H3/t21-/m0/s1. The molecule has 0 saturated carbocycles. The molecule has 1 aliphatic heterocycles. The summed E-state index contributed by atoms with van der Waals surface area (Å²) in [6, 6.07) is 20.4. The molecule has 2 aromatic carbocycles. The first kappa shape index (κ1) is 19.0. The van der Waals surface area contributed by atoms with Gasteiger partial charge in [-0.3, -0.25) is 9.69 Å². The second-order valence-electron chi connectivity index (χ2n) is 7.56. The van der Waals surface area contributed by atoms with E-state index in [9.17, 15) is 4.79 Å². The van der Waals surface area contributed by atoms with Gasteiger partial charge in [0.2, 0.25) is 0 Å². The molecule has 6 heteroatoms. The summed E-state index contributed by atoms with van der Waals surface area (Å²) in [7, 11) is 1.68. The molecule has 0 bridgehead atoms. The quantitative estimate of drug-likeness (QED) is 0.462. The number of thiophene rings is 1. The van der Waals surface area contributed by atoms with E-state index in [4.69, 9.17) is 9.84 Å². The van der Waals surface area contributed by atoms with Crippen LogP contribution in [-0.2, 0) is 6.67 Å². The number of nitrogens with zero attached hydrogens (tertiary/aromatic N) is 3. The number of aromatic nitrogens is 2. The van der Waals surface area contributed by atoms with E-state index in [0.717, 1.165) is 46.5 Å². The minimum absolute atomic E-state index is 0.0358. The van der Waals surface area contributed by atoms with Crippen molar-refractivity contribution in [2.45, 2.75) is 25.6 Å². The van der Waals surface area contributed by atoms with Gasteiger partial charge >= 0.3 is 0 Å². The van der Waals surface area contributed by atoms with Crippen molar-refractivity contribution in [2.24, 2.45) is 0 Å². The Bertz CT molecular complexity index is 1220. The highest BCUT2D eigenvalue weighted by Crippen LogP contribution is 2.33. The van der Waals surface area contributed by atoms with Crippen LogP contribution in [-0.4, -0.2) is 28.3 Å².